The summed E-state index contributed by atoms with van der Waals surface area (Å²) in [5, 5.41) is 0. The molecule has 0 aliphatic heterocycles. The van der Waals surface area contributed by atoms with Crippen molar-refractivity contribution in [2.75, 3.05) is 0 Å². The summed E-state index contributed by atoms with van der Waals surface area (Å²) in [6, 6.07) is 9.52. The summed E-state index contributed by atoms with van der Waals surface area (Å²) in [4.78, 5) is 12.7. The Morgan fingerprint density at radius 3 is 2.59 bits per heavy atom. The van der Waals surface area contributed by atoms with Crippen LogP contribution in [0, 0.1) is 5.41 Å². The lowest BCUT2D eigenvalue weighted by molar-refractivity contribution is 0.0847. The van der Waals surface area contributed by atoms with Gasteiger partial charge in [0.15, 0.2) is 5.78 Å². The molecule has 88 valence electrons. The maximum absolute atomic E-state index is 12.7. The van der Waals surface area contributed by atoms with Gasteiger partial charge in [0, 0.05) is 5.56 Å². The van der Waals surface area contributed by atoms with E-state index in [1.54, 1.807) is 0 Å². The first-order valence-electron chi connectivity index (χ1n) is 6.10. The zero-order chi connectivity index (χ0) is 12.3. The molecule has 1 heteroatoms. The van der Waals surface area contributed by atoms with Crippen molar-refractivity contribution in [3.05, 3.63) is 60.7 Å². The lowest BCUT2D eigenvalue weighted by atomic mass is 9.73. The van der Waals surface area contributed by atoms with Crippen LogP contribution in [0.25, 0.3) is 0 Å². The molecule has 1 aliphatic rings. The van der Waals surface area contributed by atoms with Crippen LogP contribution in [0.4, 0.5) is 0 Å². The lowest BCUT2D eigenvalue weighted by Crippen LogP contribution is -2.29. The molecule has 0 unspecified atom stereocenters. The molecule has 0 aromatic heterocycles. The quantitative estimate of drug-likeness (QED) is 0.556. The average molecular weight is 226 g/mol. The zero-order valence-corrected chi connectivity index (χ0v) is 10.1. The van der Waals surface area contributed by atoms with Gasteiger partial charge in [0.25, 0.3) is 0 Å². The number of carbonyl (C=O) groups is 1. The molecule has 0 spiro atoms. The molecular formula is C16H18O. The van der Waals surface area contributed by atoms with Crippen molar-refractivity contribution in [2.24, 2.45) is 5.41 Å². The normalized spacial score (nSPS) is 23.6. The number of allylic oxidation sites excluding steroid dienone is 2. The Bertz CT molecular complexity index is 444. The van der Waals surface area contributed by atoms with Gasteiger partial charge in [-0.05, 0) is 25.7 Å². The van der Waals surface area contributed by atoms with Crippen molar-refractivity contribution in [2.45, 2.75) is 25.7 Å². The fourth-order valence-electron chi connectivity index (χ4n) is 2.75. The Balaban J connectivity index is 2.38. The second-order valence-corrected chi connectivity index (χ2v) is 4.73. The van der Waals surface area contributed by atoms with Gasteiger partial charge in [0.05, 0.1) is 5.41 Å². The van der Waals surface area contributed by atoms with Gasteiger partial charge in [-0.15, -0.1) is 6.58 Å². The Morgan fingerprint density at radius 1 is 1.35 bits per heavy atom. The van der Waals surface area contributed by atoms with Crippen molar-refractivity contribution < 1.29 is 4.79 Å². The number of hydrogen-bond donors (Lipinski definition) is 0. The maximum Gasteiger partial charge on any atom is 0.173 e. The van der Waals surface area contributed by atoms with Gasteiger partial charge < -0.3 is 0 Å². The van der Waals surface area contributed by atoms with E-state index in [1.165, 1.54) is 0 Å². The Morgan fingerprint density at radius 2 is 2.06 bits per heavy atom. The van der Waals surface area contributed by atoms with Crippen molar-refractivity contribution in [1.82, 2.24) is 0 Å². The predicted molar refractivity (Wildman–Crippen MR) is 71.0 cm³/mol. The number of rotatable bonds is 4. The summed E-state index contributed by atoms with van der Waals surface area (Å²) in [6.07, 6.45) is 5.49. The van der Waals surface area contributed by atoms with E-state index in [2.05, 4.69) is 13.2 Å². The molecule has 17 heavy (non-hydrogen) atoms. The minimum atomic E-state index is -0.386. The van der Waals surface area contributed by atoms with E-state index in [4.69, 9.17) is 0 Å². The highest BCUT2D eigenvalue weighted by molar-refractivity contribution is 6.02. The molecule has 1 nitrogen and oxygen atoms in total. The highest BCUT2D eigenvalue weighted by Gasteiger charge is 2.42. The molecule has 2 rings (SSSR count). The van der Waals surface area contributed by atoms with Crippen LogP contribution < -0.4 is 0 Å². The third kappa shape index (κ3) is 1.97. The summed E-state index contributed by atoms with van der Waals surface area (Å²) < 4.78 is 0. The number of carbonyl (C=O) groups excluding carboxylic acids is 1. The number of ketones is 1. The van der Waals surface area contributed by atoms with E-state index in [0.717, 1.165) is 30.4 Å². The second kappa shape index (κ2) is 4.70. The molecule has 1 fully saturated rings. The van der Waals surface area contributed by atoms with Crippen LogP contribution in [-0.4, -0.2) is 5.78 Å². The summed E-state index contributed by atoms with van der Waals surface area (Å²) >= 11 is 0. The van der Waals surface area contributed by atoms with Gasteiger partial charge >= 0.3 is 0 Å². The van der Waals surface area contributed by atoms with Crippen LogP contribution in [0.15, 0.2) is 55.1 Å². The van der Waals surface area contributed by atoms with Crippen molar-refractivity contribution in [3.63, 3.8) is 0 Å². The molecule has 1 aromatic carbocycles. The fraction of sp³-hybridized carbons (Fsp3) is 0.312. The molecule has 0 bridgehead atoms. The fourth-order valence-corrected chi connectivity index (χ4v) is 2.75. The monoisotopic (exact) mass is 226 g/mol. The molecular weight excluding hydrogens is 208 g/mol. The van der Waals surface area contributed by atoms with Crippen molar-refractivity contribution >= 4 is 5.78 Å². The van der Waals surface area contributed by atoms with E-state index >= 15 is 0 Å². The van der Waals surface area contributed by atoms with E-state index in [1.807, 2.05) is 36.4 Å². The van der Waals surface area contributed by atoms with Gasteiger partial charge in [-0.1, -0.05) is 48.6 Å². The maximum atomic E-state index is 12.7. The molecule has 1 saturated carbocycles. The molecule has 1 aliphatic carbocycles. The third-order valence-corrected chi connectivity index (χ3v) is 3.72. The van der Waals surface area contributed by atoms with E-state index in [0.29, 0.717) is 6.42 Å². The first-order chi connectivity index (χ1) is 8.20. The molecule has 0 radical (unpaired) electrons. The summed E-state index contributed by atoms with van der Waals surface area (Å²) in [5.74, 6) is 0.209. The van der Waals surface area contributed by atoms with Crippen LogP contribution in [-0.2, 0) is 0 Å². The van der Waals surface area contributed by atoms with Crippen LogP contribution in [0.5, 0.6) is 0 Å². The van der Waals surface area contributed by atoms with Crippen LogP contribution >= 0.6 is 0 Å². The molecule has 1 aromatic rings. The number of benzene rings is 1. The molecule has 0 N–H and O–H groups in total. The van der Waals surface area contributed by atoms with Gasteiger partial charge in [-0.25, -0.2) is 0 Å². The second-order valence-electron chi connectivity index (χ2n) is 4.73. The van der Waals surface area contributed by atoms with Crippen LogP contribution in [0.2, 0.25) is 0 Å². The third-order valence-electron chi connectivity index (χ3n) is 3.72. The number of hydrogen-bond acceptors (Lipinski definition) is 1. The highest BCUT2D eigenvalue weighted by Crippen LogP contribution is 2.47. The predicted octanol–water partition coefficient (Wildman–Crippen LogP) is 4.17. The van der Waals surface area contributed by atoms with E-state index in [9.17, 15) is 4.79 Å². The topological polar surface area (TPSA) is 17.1 Å². The van der Waals surface area contributed by atoms with E-state index in [-0.39, 0.29) is 11.2 Å². The van der Waals surface area contributed by atoms with E-state index < -0.39 is 0 Å². The standard InChI is InChI=1S/C16H18O/c1-3-11-16(12-7-8-13(16)2)15(17)14-9-5-4-6-10-14/h3-6,9-10H,1-2,7-8,11-12H2/t16-/m1/s1. The van der Waals surface area contributed by atoms with Crippen molar-refractivity contribution in [3.8, 4) is 0 Å². The molecule has 0 saturated heterocycles. The smallest absolute Gasteiger partial charge is 0.173 e. The highest BCUT2D eigenvalue weighted by atomic mass is 16.1. The zero-order valence-electron chi connectivity index (χ0n) is 10.1. The Labute approximate surface area is 103 Å². The molecule has 0 amide bonds. The van der Waals surface area contributed by atoms with Gasteiger partial charge in [0.2, 0.25) is 0 Å². The SMILES string of the molecule is C=CC[C@@]1(C(=O)c2ccccc2)CCCC1=C. The van der Waals surface area contributed by atoms with Gasteiger partial charge in [-0.2, -0.15) is 0 Å². The first-order valence-corrected chi connectivity index (χ1v) is 6.10. The minimum Gasteiger partial charge on any atom is -0.293 e. The summed E-state index contributed by atoms with van der Waals surface area (Å²) in [6.45, 7) is 7.89. The van der Waals surface area contributed by atoms with Gasteiger partial charge in [-0.3, -0.25) is 4.79 Å². The van der Waals surface area contributed by atoms with Crippen LogP contribution in [0.1, 0.15) is 36.0 Å². The van der Waals surface area contributed by atoms with Crippen molar-refractivity contribution in [1.29, 1.82) is 0 Å². The first kappa shape index (κ1) is 11.8. The lowest BCUT2D eigenvalue weighted by Gasteiger charge is -2.27. The molecule has 1 atom stereocenters. The average Bonchev–Trinajstić information content (AvgIpc) is 2.73. The molecule has 0 heterocycles. The summed E-state index contributed by atoms with van der Waals surface area (Å²) in [5.41, 5.74) is 1.48. The largest absolute Gasteiger partial charge is 0.293 e. The van der Waals surface area contributed by atoms with Gasteiger partial charge in [0.1, 0.15) is 0 Å². The van der Waals surface area contributed by atoms with Crippen LogP contribution in [0.3, 0.4) is 0 Å². The summed E-state index contributed by atoms with van der Waals surface area (Å²) in [7, 11) is 0. The number of Topliss-reactive ketones (excluding diaryl/α,β-unsaturated/α-hetero) is 1. The Kier molecular flexibility index (Phi) is 3.28. The minimum absolute atomic E-state index is 0.209. The Hall–Kier alpha value is -1.63.